The van der Waals surface area contributed by atoms with Crippen LogP contribution in [0.3, 0.4) is 0 Å². The zero-order valence-corrected chi connectivity index (χ0v) is 23.8. The molecule has 8 heteroatoms. The van der Waals surface area contributed by atoms with Gasteiger partial charge in [-0.05, 0) is 88.1 Å². The molecule has 0 spiro atoms. The van der Waals surface area contributed by atoms with Gasteiger partial charge in [0.2, 0.25) is 5.91 Å². The van der Waals surface area contributed by atoms with E-state index >= 15 is 0 Å². The Labute approximate surface area is 236 Å². The van der Waals surface area contributed by atoms with E-state index in [1.165, 1.54) is 0 Å². The first-order valence-corrected chi connectivity index (χ1v) is 14.6. The second kappa shape index (κ2) is 13.2. The highest BCUT2D eigenvalue weighted by Gasteiger charge is 2.43. The number of rotatable bonds is 10. The molecule has 2 amide bonds. The molecule has 2 fully saturated rings. The van der Waals surface area contributed by atoms with Crippen LogP contribution in [0.4, 0.5) is 4.79 Å². The number of nitrogens with one attached hydrogen (secondary N) is 2. The average molecular weight is 556 g/mol. The molecule has 1 saturated carbocycles. The van der Waals surface area contributed by atoms with Crippen molar-refractivity contribution in [3.8, 4) is 0 Å². The normalized spacial score (nSPS) is 22.9. The first-order chi connectivity index (χ1) is 18.7. The summed E-state index contributed by atoms with van der Waals surface area (Å²) in [6.45, 7) is 3.49. The van der Waals surface area contributed by atoms with Crippen molar-refractivity contribution in [2.45, 2.75) is 69.9 Å². The van der Waals surface area contributed by atoms with Gasteiger partial charge in [-0.2, -0.15) is 0 Å². The van der Waals surface area contributed by atoms with Crippen LogP contribution >= 0.6 is 11.6 Å². The van der Waals surface area contributed by atoms with Crippen molar-refractivity contribution in [2.24, 2.45) is 11.8 Å². The van der Waals surface area contributed by atoms with Crippen LogP contribution in [0.2, 0.25) is 5.02 Å². The van der Waals surface area contributed by atoms with Crippen molar-refractivity contribution in [3.63, 3.8) is 0 Å². The number of aliphatic hydroxyl groups is 1. The Balaban J connectivity index is 1.63. The number of benzene rings is 2. The summed E-state index contributed by atoms with van der Waals surface area (Å²) in [6, 6.07) is 14.3. The lowest BCUT2D eigenvalue weighted by Crippen LogP contribution is -2.50. The third kappa shape index (κ3) is 7.13. The van der Waals surface area contributed by atoms with Gasteiger partial charge in [-0.3, -0.25) is 4.79 Å². The quantitative estimate of drug-likeness (QED) is 0.305. The molecule has 0 radical (unpaired) electrons. The number of amides is 2. The number of aryl methyl sites for hydroxylation is 1. The molecule has 7 nitrogen and oxygen atoms in total. The monoisotopic (exact) mass is 555 g/mol. The highest BCUT2D eigenvalue weighted by molar-refractivity contribution is 6.31. The maximum absolute atomic E-state index is 13.5. The Morgan fingerprint density at radius 2 is 1.95 bits per heavy atom. The second-order valence-electron chi connectivity index (χ2n) is 11.3. The van der Waals surface area contributed by atoms with E-state index in [1.807, 2.05) is 36.2 Å². The Morgan fingerprint density at radius 1 is 1.15 bits per heavy atom. The van der Waals surface area contributed by atoms with Gasteiger partial charge in [0.1, 0.15) is 0 Å². The van der Waals surface area contributed by atoms with Gasteiger partial charge in [0.25, 0.3) is 0 Å². The molecule has 4 N–H and O–H groups in total. The Bertz CT molecular complexity index is 1160. The van der Waals surface area contributed by atoms with Gasteiger partial charge in [0.05, 0.1) is 5.60 Å². The molecule has 1 aliphatic carbocycles. The lowest BCUT2D eigenvalue weighted by molar-refractivity contribution is -0.141. The standard InChI is InChI=1S/C31H42ClN3O4/c1-21-7-3-8-22(17-21)18-26-27(10-4-11-28(26)32)31(39,14-6-15-34-30(37)38)24-9-5-16-35(20-24)29(36)23-12-13-25(19-23)33-2/h3-4,7-8,10-11,17,23-25,33-34,39H,5-6,9,12-16,18-20H2,1-2H3,(H,37,38)/t23-,24-,25+,31?/m1/s1. The zero-order chi connectivity index (χ0) is 28.0. The zero-order valence-electron chi connectivity index (χ0n) is 23.1. The molecule has 1 aliphatic heterocycles. The van der Waals surface area contributed by atoms with E-state index < -0.39 is 11.7 Å². The van der Waals surface area contributed by atoms with Crippen molar-refractivity contribution in [1.82, 2.24) is 15.5 Å². The molecule has 4 atom stereocenters. The largest absolute Gasteiger partial charge is 0.465 e. The van der Waals surface area contributed by atoms with E-state index in [1.54, 1.807) is 0 Å². The molecule has 2 aliphatic rings. The minimum absolute atomic E-state index is 0.0251. The topological polar surface area (TPSA) is 102 Å². The third-order valence-corrected chi connectivity index (χ3v) is 9.01. The van der Waals surface area contributed by atoms with Gasteiger partial charge < -0.3 is 25.7 Å². The van der Waals surface area contributed by atoms with Crippen LogP contribution in [0.15, 0.2) is 42.5 Å². The first-order valence-electron chi connectivity index (χ1n) is 14.2. The summed E-state index contributed by atoms with van der Waals surface area (Å²) in [5, 5.41) is 28.0. The molecule has 0 aromatic heterocycles. The average Bonchev–Trinajstić information content (AvgIpc) is 3.41. The number of hydrogen-bond acceptors (Lipinski definition) is 4. The van der Waals surface area contributed by atoms with E-state index in [4.69, 9.17) is 16.7 Å². The predicted octanol–water partition coefficient (Wildman–Crippen LogP) is 5.10. The lowest BCUT2D eigenvalue weighted by Gasteiger charge is -2.44. The van der Waals surface area contributed by atoms with Crippen molar-refractivity contribution in [1.29, 1.82) is 0 Å². The number of carboxylic acid groups (broad SMARTS) is 1. The lowest BCUT2D eigenvalue weighted by atomic mass is 9.72. The molecule has 0 bridgehead atoms. The maximum atomic E-state index is 13.5. The second-order valence-corrected chi connectivity index (χ2v) is 11.7. The summed E-state index contributed by atoms with van der Waals surface area (Å²) in [7, 11) is 1.95. The van der Waals surface area contributed by atoms with E-state index in [2.05, 4.69) is 35.8 Å². The number of carbonyl (C=O) groups is 2. The van der Waals surface area contributed by atoms with Gasteiger partial charge in [-0.15, -0.1) is 0 Å². The van der Waals surface area contributed by atoms with Crippen LogP contribution < -0.4 is 10.6 Å². The summed E-state index contributed by atoms with van der Waals surface area (Å²) in [5.74, 6) is 0.0341. The van der Waals surface area contributed by atoms with Gasteiger partial charge in [0, 0.05) is 42.5 Å². The van der Waals surface area contributed by atoms with Gasteiger partial charge >= 0.3 is 6.09 Å². The van der Waals surface area contributed by atoms with Crippen LogP contribution in [-0.4, -0.2) is 59.8 Å². The van der Waals surface area contributed by atoms with E-state index in [9.17, 15) is 14.7 Å². The minimum Gasteiger partial charge on any atom is -0.465 e. The first kappa shape index (κ1) is 29.4. The van der Waals surface area contributed by atoms with Crippen LogP contribution in [0.1, 0.15) is 67.2 Å². The Morgan fingerprint density at radius 3 is 2.67 bits per heavy atom. The van der Waals surface area contributed by atoms with E-state index in [-0.39, 0.29) is 24.3 Å². The van der Waals surface area contributed by atoms with Crippen molar-refractivity contribution in [3.05, 3.63) is 69.7 Å². The van der Waals surface area contributed by atoms with Crippen molar-refractivity contribution < 1.29 is 19.8 Å². The third-order valence-electron chi connectivity index (χ3n) is 8.66. The minimum atomic E-state index is -1.26. The number of piperidine rings is 1. The van der Waals surface area contributed by atoms with Gasteiger partial charge in [-0.25, -0.2) is 4.79 Å². The summed E-state index contributed by atoms with van der Waals surface area (Å²) in [6.07, 6.45) is 4.71. The van der Waals surface area contributed by atoms with Gasteiger partial charge in [-0.1, -0.05) is 53.6 Å². The SMILES string of the molecule is CN[C@H]1CC[C@@H](C(=O)N2CCC[C@@H](C(O)(CCCNC(=O)O)c3cccc(Cl)c3Cc3cccc(C)c3)C2)C1. The van der Waals surface area contributed by atoms with Crippen LogP contribution in [0.25, 0.3) is 0 Å². The van der Waals surface area contributed by atoms with E-state index in [0.717, 1.165) is 54.4 Å². The molecule has 4 rings (SSSR count). The van der Waals surface area contributed by atoms with Crippen LogP contribution in [0, 0.1) is 18.8 Å². The molecule has 2 aromatic carbocycles. The van der Waals surface area contributed by atoms with E-state index in [0.29, 0.717) is 43.4 Å². The van der Waals surface area contributed by atoms with Crippen molar-refractivity contribution >= 4 is 23.6 Å². The molecule has 39 heavy (non-hydrogen) atoms. The number of carbonyl (C=O) groups excluding carboxylic acids is 1. The highest BCUT2D eigenvalue weighted by Crippen LogP contribution is 2.43. The maximum Gasteiger partial charge on any atom is 0.404 e. The van der Waals surface area contributed by atoms with Gasteiger partial charge in [0.15, 0.2) is 0 Å². The molecule has 212 valence electrons. The highest BCUT2D eigenvalue weighted by atomic mass is 35.5. The summed E-state index contributed by atoms with van der Waals surface area (Å²) in [5.41, 5.74) is 2.67. The molecule has 1 heterocycles. The number of likely N-dealkylation sites (tertiary alicyclic amines) is 1. The fourth-order valence-electron chi connectivity index (χ4n) is 6.58. The number of hydrogen-bond donors (Lipinski definition) is 4. The smallest absolute Gasteiger partial charge is 0.404 e. The summed E-state index contributed by atoms with van der Waals surface area (Å²) >= 11 is 6.79. The predicted molar refractivity (Wildman–Crippen MR) is 154 cm³/mol. The Kier molecular flexibility index (Phi) is 9.91. The van der Waals surface area contributed by atoms with Crippen LogP contribution in [0.5, 0.6) is 0 Å². The molecule has 2 aromatic rings. The Hall–Kier alpha value is -2.61. The summed E-state index contributed by atoms with van der Waals surface area (Å²) in [4.78, 5) is 26.6. The number of halogens is 1. The summed E-state index contributed by atoms with van der Waals surface area (Å²) < 4.78 is 0. The van der Waals surface area contributed by atoms with Crippen LogP contribution in [-0.2, 0) is 16.8 Å². The fraction of sp³-hybridized carbons (Fsp3) is 0.548. The van der Waals surface area contributed by atoms with Crippen molar-refractivity contribution in [2.75, 3.05) is 26.7 Å². The molecular formula is C31H42ClN3O4. The molecule has 1 saturated heterocycles. The molecule has 1 unspecified atom stereocenters. The molecular weight excluding hydrogens is 514 g/mol. The fourth-order valence-corrected chi connectivity index (χ4v) is 6.82. The number of nitrogens with zero attached hydrogens (tertiary/aromatic N) is 1.